The fourth-order valence-electron chi connectivity index (χ4n) is 1.97. The first kappa shape index (κ1) is 15.4. The lowest BCUT2D eigenvalue weighted by molar-refractivity contribution is -0.384. The second kappa shape index (κ2) is 5.39. The number of nitrogens with one attached hydrogen (secondary N) is 1. The standard InChI is InChI=1S/C11H13N3O6S/c12-10(15)5-11(6-20-7-11)13-21(18,19)9-3-1-8(2-4-9)14(16)17/h1-4,13H,5-7H2,(H2,12,15). The first-order valence-corrected chi connectivity index (χ1v) is 7.37. The number of ether oxygens (including phenoxy) is 1. The molecule has 0 radical (unpaired) electrons. The molecular formula is C11H13N3O6S. The summed E-state index contributed by atoms with van der Waals surface area (Å²) in [6.07, 6.45) is -0.181. The van der Waals surface area contributed by atoms with Crippen LogP contribution >= 0.6 is 0 Å². The molecule has 0 spiro atoms. The number of nitrogens with two attached hydrogens (primary N) is 1. The number of hydrogen-bond donors (Lipinski definition) is 2. The van der Waals surface area contributed by atoms with Crippen molar-refractivity contribution in [1.82, 2.24) is 4.72 Å². The topological polar surface area (TPSA) is 142 Å². The molecule has 2 rings (SSSR count). The van der Waals surface area contributed by atoms with Gasteiger partial charge in [0, 0.05) is 12.1 Å². The summed E-state index contributed by atoms with van der Waals surface area (Å²) in [6, 6.07) is 4.43. The van der Waals surface area contributed by atoms with E-state index in [-0.39, 0.29) is 30.2 Å². The normalized spacial score (nSPS) is 17.0. The summed E-state index contributed by atoms with van der Waals surface area (Å²) in [4.78, 5) is 20.8. The quantitative estimate of drug-likeness (QED) is 0.536. The van der Waals surface area contributed by atoms with Crippen molar-refractivity contribution in [2.45, 2.75) is 16.9 Å². The molecule has 0 atom stereocenters. The summed E-state index contributed by atoms with van der Waals surface area (Å²) in [5.74, 6) is -0.648. The zero-order valence-electron chi connectivity index (χ0n) is 10.8. The number of nitrogens with zero attached hydrogens (tertiary/aromatic N) is 1. The van der Waals surface area contributed by atoms with Crippen molar-refractivity contribution in [3.8, 4) is 0 Å². The van der Waals surface area contributed by atoms with Crippen LogP contribution < -0.4 is 10.5 Å². The zero-order valence-corrected chi connectivity index (χ0v) is 11.6. The summed E-state index contributed by atoms with van der Waals surface area (Å²) in [6.45, 7) is 0.0876. The average Bonchev–Trinajstić information content (AvgIpc) is 2.35. The summed E-state index contributed by atoms with van der Waals surface area (Å²) in [5.41, 5.74) is 3.83. The van der Waals surface area contributed by atoms with E-state index in [1.165, 1.54) is 0 Å². The lowest BCUT2D eigenvalue weighted by atomic mass is 9.94. The molecule has 1 aromatic rings. The molecule has 1 aliphatic heterocycles. The van der Waals surface area contributed by atoms with Gasteiger partial charge in [-0.2, -0.15) is 4.72 Å². The highest BCUT2D eigenvalue weighted by Crippen LogP contribution is 2.24. The third-order valence-electron chi connectivity index (χ3n) is 2.98. The van der Waals surface area contributed by atoms with Gasteiger partial charge >= 0.3 is 0 Å². The van der Waals surface area contributed by atoms with Crippen LogP contribution in [-0.2, 0) is 19.6 Å². The molecule has 1 amide bonds. The van der Waals surface area contributed by atoms with Crippen LogP contribution in [0.1, 0.15) is 6.42 Å². The van der Waals surface area contributed by atoms with E-state index in [9.17, 15) is 23.3 Å². The first-order valence-electron chi connectivity index (χ1n) is 5.89. The van der Waals surface area contributed by atoms with Gasteiger partial charge in [0.15, 0.2) is 0 Å². The van der Waals surface area contributed by atoms with Gasteiger partial charge in [-0.15, -0.1) is 0 Å². The van der Waals surface area contributed by atoms with Crippen LogP contribution in [0, 0.1) is 10.1 Å². The van der Waals surface area contributed by atoms with E-state index in [1.54, 1.807) is 0 Å². The van der Waals surface area contributed by atoms with Crippen LogP contribution in [0.4, 0.5) is 5.69 Å². The number of primary amides is 1. The van der Waals surface area contributed by atoms with Gasteiger partial charge < -0.3 is 10.5 Å². The number of non-ortho nitro benzene ring substituents is 1. The summed E-state index contributed by atoms with van der Waals surface area (Å²) >= 11 is 0. The van der Waals surface area contributed by atoms with Gasteiger partial charge in [-0.25, -0.2) is 8.42 Å². The van der Waals surface area contributed by atoms with Gasteiger partial charge in [0.05, 0.1) is 35.0 Å². The SMILES string of the molecule is NC(=O)CC1(NS(=O)(=O)c2ccc([N+](=O)[O-])cc2)COC1. The Morgan fingerprint density at radius 1 is 1.38 bits per heavy atom. The van der Waals surface area contributed by atoms with Crippen molar-refractivity contribution in [3.05, 3.63) is 34.4 Å². The van der Waals surface area contributed by atoms with E-state index in [4.69, 9.17) is 10.5 Å². The number of carbonyl (C=O) groups is 1. The van der Waals surface area contributed by atoms with Gasteiger partial charge in [-0.05, 0) is 12.1 Å². The van der Waals surface area contributed by atoms with Gasteiger partial charge in [0.1, 0.15) is 0 Å². The zero-order chi connectivity index (χ0) is 15.7. The monoisotopic (exact) mass is 315 g/mol. The Morgan fingerprint density at radius 3 is 2.33 bits per heavy atom. The molecule has 0 aliphatic carbocycles. The molecule has 10 heteroatoms. The number of nitro benzene ring substituents is 1. The van der Waals surface area contributed by atoms with Crippen molar-refractivity contribution in [2.24, 2.45) is 5.73 Å². The molecule has 0 unspecified atom stereocenters. The minimum Gasteiger partial charge on any atom is -0.377 e. The third-order valence-corrected chi connectivity index (χ3v) is 4.57. The largest absolute Gasteiger partial charge is 0.377 e. The summed E-state index contributed by atoms with van der Waals surface area (Å²) in [5, 5.41) is 10.5. The van der Waals surface area contributed by atoms with Gasteiger partial charge in [0.25, 0.3) is 5.69 Å². The van der Waals surface area contributed by atoms with Crippen LogP contribution in [0.2, 0.25) is 0 Å². The maximum absolute atomic E-state index is 12.2. The Hall–Kier alpha value is -2.04. The molecular weight excluding hydrogens is 302 g/mol. The number of amides is 1. The fourth-order valence-corrected chi connectivity index (χ4v) is 3.34. The predicted octanol–water partition coefficient (Wildman–Crippen LogP) is -0.482. The van der Waals surface area contributed by atoms with Crippen LogP contribution in [0.15, 0.2) is 29.2 Å². The maximum Gasteiger partial charge on any atom is 0.269 e. The maximum atomic E-state index is 12.2. The highest BCUT2D eigenvalue weighted by molar-refractivity contribution is 7.89. The lowest BCUT2D eigenvalue weighted by Gasteiger charge is -2.40. The number of benzene rings is 1. The fraction of sp³-hybridized carbons (Fsp3) is 0.364. The molecule has 9 nitrogen and oxygen atoms in total. The molecule has 0 bridgehead atoms. The molecule has 114 valence electrons. The number of rotatable bonds is 6. The Bertz CT molecular complexity index is 666. The van der Waals surface area contributed by atoms with Crippen LogP contribution in [0.25, 0.3) is 0 Å². The van der Waals surface area contributed by atoms with Gasteiger partial charge in [-0.1, -0.05) is 0 Å². The molecule has 0 aromatic heterocycles. The molecule has 1 fully saturated rings. The van der Waals surface area contributed by atoms with Gasteiger partial charge in [0.2, 0.25) is 15.9 Å². The Labute approximate surface area is 120 Å². The van der Waals surface area contributed by atoms with Crippen LogP contribution in [-0.4, -0.2) is 38.0 Å². The van der Waals surface area contributed by atoms with Gasteiger partial charge in [-0.3, -0.25) is 14.9 Å². The minimum atomic E-state index is -3.93. The van der Waals surface area contributed by atoms with E-state index in [1.807, 2.05) is 0 Å². The number of sulfonamides is 1. The number of hydrogen-bond acceptors (Lipinski definition) is 6. The van der Waals surface area contributed by atoms with E-state index in [0.717, 1.165) is 24.3 Å². The first-order chi connectivity index (χ1) is 9.74. The molecule has 1 aliphatic rings. The smallest absolute Gasteiger partial charge is 0.269 e. The van der Waals surface area contributed by atoms with Crippen molar-refractivity contribution in [3.63, 3.8) is 0 Å². The second-order valence-electron chi connectivity index (χ2n) is 4.77. The van der Waals surface area contributed by atoms with Crippen LogP contribution in [0.3, 0.4) is 0 Å². The summed E-state index contributed by atoms with van der Waals surface area (Å²) < 4.78 is 31.8. The van der Waals surface area contributed by atoms with Crippen molar-refractivity contribution >= 4 is 21.6 Å². The Kier molecular flexibility index (Phi) is 3.94. The van der Waals surface area contributed by atoms with E-state index < -0.39 is 26.4 Å². The third kappa shape index (κ3) is 3.35. The van der Waals surface area contributed by atoms with Crippen molar-refractivity contribution in [2.75, 3.05) is 13.2 Å². The van der Waals surface area contributed by atoms with Crippen molar-refractivity contribution in [1.29, 1.82) is 0 Å². The second-order valence-corrected chi connectivity index (χ2v) is 6.46. The average molecular weight is 315 g/mol. The number of carbonyl (C=O) groups excluding carboxylic acids is 1. The summed E-state index contributed by atoms with van der Waals surface area (Å²) in [7, 11) is -3.93. The molecule has 0 saturated carbocycles. The highest BCUT2D eigenvalue weighted by Gasteiger charge is 2.43. The molecule has 1 saturated heterocycles. The highest BCUT2D eigenvalue weighted by atomic mass is 32.2. The molecule has 1 aromatic carbocycles. The molecule has 3 N–H and O–H groups in total. The van der Waals surface area contributed by atoms with Crippen molar-refractivity contribution < 1.29 is 22.9 Å². The van der Waals surface area contributed by atoms with E-state index in [2.05, 4.69) is 4.72 Å². The lowest BCUT2D eigenvalue weighted by Crippen LogP contribution is -2.63. The Morgan fingerprint density at radius 2 is 1.95 bits per heavy atom. The van der Waals surface area contributed by atoms with E-state index >= 15 is 0 Å². The predicted molar refractivity (Wildman–Crippen MR) is 70.8 cm³/mol. The molecule has 1 heterocycles. The number of nitro groups is 1. The van der Waals surface area contributed by atoms with E-state index in [0.29, 0.717) is 0 Å². The minimum absolute atomic E-state index is 0.0438. The molecule has 21 heavy (non-hydrogen) atoms. The Balaban J connectivity index is 2.21. The van der Waals surface area contributed by atoms with Crippen LogP contribution in [0.5, 0.6) is 0 Å².